The second-order valence-corrected chi connectivity index (χ2v) is 6.46. The van der Waals surface area contributed by atoms with Crippen LogP contribution in [0, 0.1) is 0 Å². The summed E-state index contributed by atoms with van der Waals surface area (Å²) in [7, 11) is 1.75. The van der Waals surface area contributed by atoms with Crippen LogP contribution in [0.1, 0.15) is 18.4 Å². The Morgan fingerprint density at radius 3 is 2.75 bits per heavy atom. The predicted octanol–water partition coefficient (Wildman–Crippen LogP) is 2.28. The van der Waals surface area contributed by atoms with E-state index in [1.54, 1.807) is 7.11 Å². The Morgan fingerprint density at radius 1 is 1.17 bits per heavy atom. The normalized spacial score (nSPS) is 16.0. The summed E-state index contributed by atoms with van der Waals surface area (Å²) in [5.41, 5.74) is 2.19. The molecule has 1 N–H and O–H groups in total. The van der Waals surface area contributed by atoms with Gasteiger partial charge in [0.2, 0.25) is 5.91 Å². The lowest BCUT2D eigenvalue weighted by molar-refractivity contribution is -0.132. The molecule has 1 aromatic carbocycles. The summed E-state index contributed by atoms with van der Waals surface area (Å²) in [5.74, 6) is 0.235. The number of methoxy groups -OCH3 is 1. The molecule has 130 valence electrons. The Balaban J connectivity index is 1.47. The maximum atomic E-state index is 12.6. The number of amides is 1. The van der Waals surface area contributed by atoms with Crippen molar-refractivity contribution < 1.29 is 9.53 Å². The first-order valence-electron chi connectivity index (χ1n) is 8.82. The maximum Gasteiger partial charge on any atom is 0.227 e. The maximum absolute atomic E-state index is 12.6. The Morgan fingerprint density at radius 2 is 1.96 bits per heavy atom. The molecule has 0 unspecified atom stereocenters. The fourth-order valence-corrected chi connectivity index (χ4v) is 3.36. The van der Waals surface area contributed by atoms with Gasteiger partial charge in [-0.05, 0) is 31.0 Å². The number of aromatic amines is 1. The van der Waals surface area contributed by atoms with Crippen molar-refractivity contribution in [1.29, 1.82) is 0 Å². The number of hydrogen-bond acceptors (Lipinski definition) is 3. The highest BCUT2D eigenvalue weighted by atomic mass is 16.5. The van der Waals surface area contributed by atoms with Gasteiger partial charge < -0.3 is 14.6 Å². The first kappa shape index (κ1) is 17.0. The number of carbonyl (C=O) groups is 1. The van der Waals surface area contributed by atoms with Gasteiger partial charge in [0.15, 0.2) is 0 Å². The summed E-state index contributed by atoms with van der Waals surface area (Å²) in [6.07, 6.45) is 4.72. The average Bonchev–Trinajstić information content (AvgIpc) is 3.02. The number of rotatable bonds is 7. The first-order valence-corrected chi connectivity index (χ1v) is 8.82. The lowest BCUT2D eigenvalue weighted by atomic mass is 10.1. The van der Waals surface area contributed by atoms with E-state index >= 15 is 0 Å². The Bertz CT molecular complexity index is 659. The third-order valence-electron chi connectivity index (χ3n) is 4.81. The minimum atomic E-state index is 0.235. The molecule has 0 saturated carbocycles. The van der Waals surface area contributed by atoms with Gasteiger partial charge in [-0.3, -0.25) is 9.69 Å². The molecule has 1 fully saturated rings. The molecule has 0 spiro atoms. The largest absolute Gasteiger partial charge is 0.385 e. The topological polar surface area (TPSA) is 48.6 Å². The van der Waals surface area contributed by atoms with Gasteiger partial charge in [-0.2, -0.15) is 0 Å². The number of unbranched alkanes of at least 4 members (excludes halogenated alkanes) is 1. The van der Waals surface area contributed by atoms with Crippen molar-refractivity contribution >= 4 is 16.8 Å². The van der Waals surface area contributed by atoms with Crippen LogP contribution in [0.3, 0.4) is 0 Å². The second kappa shape index (κ2) is 8.31. The van der Waals surface area contributed by atoms with Crippen molar-refractivity contribution in [3.05, 3.63) is 36.0 Å². The van der Waals surface area contributed by atoms with Crippen LogP contribution in [-0.4, -0.2) is 67.1 Å². The molecule has 2 aromatic rings. The minimum Gasteiger partial charge on any atom is -0.385 e. The van der Waals surface area contributed by atoms with Crippen molar-refractivity contribution in [3.8, 4) is 0 Å². The van der Waals surface area contributed by atoms with Crippen molar-refractivity contribution in [2.24, 2.45) is 0 Å². The average molecular weight is 329 g/mol. The molecule has 1 aliphatic rings. The van der Waals surface area contributed by atoms with Gasteiger partial charge in [-0.15, -0.1) is 0 Å². The molecule has 0 aliphatic carbocycles. The third-order valence-corrected chi connectivity index (χ3v) is 4.81. The van der Waals surface area contributed by atoms with Crippen LogP contribution >= 0.6 is 0 Å². The zero-order valence-electron chi connectivity index (χ0n) is 14.5. The van der Waals surface area contributed by atoms with Crippen molar-refractivity contribution in [3.63, 3.8) is 0 Å². The zero-order chi connectivity index (χ0) is 16.8. The van der Waals surface area contributed by atoms with E-state index in [2.05, 4.69) is 16.0 Å². The molecule has 1 aliphatic heterocycles. The lowest BCUT2D eigenvalue weighted by Gasteiger charge is -2.34. The molecule has 0 bridgehead atoms. The van der Waals surface area contributed by atoms with E-state index in [9.17, 15) is 4.79 Å². The summed E-state index contributed by atoms with van der Waals surface area (Å²) < 4.78 is 5.09. The molecule has 1 aromatic heterocycles. The van der Waals surface area contributed by atoms with Crippen LogP contribution in [0.2, 0.25) is 0 Å². The number of para-hydroxylation sites is 1. The highest BCUT2D eigenvalue weighted by Gasteiger charge is 2.21. The standard InChI is InChI=1S/C19H27N3O2/c1-24-13-5-4-8-21-9-11-22(12-10-21)19(23)14-16-15-20-18-7-3-2-6-17(16)18/h2-3,6-7,15,20H,4-5,8-14H2,1H3. The number of hydrogen-bond donors (Lipinski definition) is 1. The van der Waals surface area contributed by atoms with Gasteiger partial charge in [-0.25, -0.2) is 0 Å². The van der Waals surface area contributed by atoms with Crippen LogP contribution in [0.4, 0.5) is 0 Å². The summed E-state index contributed by atoms with van der Waals surface area (Å²) in [6, 6.07) is 8.15. The quantitative estimate of drug-likeness (QED) is 0.793. The number of piperazine rings is 1. The van der Waals surface area contributed by atoms with Gasteiger partial charge >= 0.3 is 0 Å². The first-order chi connectivity index (χ1) is 11.8. The minimum absolute atomic E-state index is 0.235. The number of ether oxygens (including phenoxy) is 1. The van der Waals surface area contributed by atoms with E-state index < -0.39 is 0 Å². The molecular formula is C19H27N3O2. The van der Waals surface area contributed by atoms with Crippen molar-refractivity contribution in [2.45, 2.75) is 19.3 Å². The fraction of sp³-hybridized carbons (Fsp3) is 0.526. The second-order valence-electron chi connectivity index (χ2n) is 6.46. The van der Waals surface area contributed by atoms with Crippen LogP contribution in [0.15, 0.2) is 30.5 Å². The summed E-state index contributed by atoms with van der Waals surface area (Å²) >= 11 is 0. The number of nitrogens with one attached hydrogen (secondary N) is 1. The molecule has 1 saturated heterocycles. The van der Waals surface area contributed by atoms with Gasteiger partial charge in [0.05, 0.1) is 6.42 Å². The molecule has 3 rings (SSSR count). The van der Waals surface area contributed by atoms with E-state index in [1.807, 2.05) is 29.3 Å². The van der Waals surface area contributed by atoms with Gasteiger partial charge in [0.1, 0.15) is 0 Å². The molecule has 5 heteroatoms. The lowest BCUT2D eigenvalue weighted by Crippen LogP contribution is -2.49. The van der Waals surface area contributed by atoms with Crippen LogP contribution in [0.25, 0.3) is 10.9 Å². The number of fused-ring (bicyclic) bond motifs is 1. The zero-order valence-corrected chi connectivity index (χ0v) is 14.5. The number of aromatic nitrogens is 1. The van der Waals surface area contributed by atoms with Gasteiger partial charge in [-0.1, -0.05) is 18.2 Å². The van der Waals surface area contributed by atoms with Gasteiger partial charge in [0.25, 0.3) is 0 Å². The fourth-order valence-electron chi connectivity index (χ4n) is 3.36. The molecular weight excluding hydrogens is 302 g/mol. The Hall–Kier alpha value is -1.85. The molecule has 5 nitrogen and oxygen atoms in total. The molecule has 0 radical (unpaired) electrons. The Labute approximate surface area is 143 Å². The van der Waals surface area contributed by atoms with Crippen LogP contribution < -0.4 is 0 Å². The molecule has 0 atom stereocenters. The number of nitrogens with zero attached hydrogens (tertiary/aromatic N) is 2. The van der Waals surface area contributed by atoms with E-state index in [0.717, 1.165) is 68.6 Å². The smallest absolute Gasteiger partial charge is 0.227 e. The number of H-pyrrole nitrogens is 1. The highest BCUT2D eigenvalue weighted by molar-refractivity contribution is 5.88. The summed E-state index contributed by atoms with van der Waals surface area (Å²) in [4.78, 5) is 20.3. The van der Waals surface area contributed by atoms with Crippen molar-refractivity contribution in [1.82, 2.24) is 14.8 Å². The monoisotopic (exact) mass is 329 g/mol. The summed E-state index contributed by atoms with van der Waals surface area (Å²) in [6.45, 7) is 5.58. The highest BCUT2D eigenvalue weighted by Crippen LogP contribution is 2.19. The SMILES string of the molecule is COCCCCN1CCN(C(=O)Cc2c[nH]c3ccccc23)CC1. The van der Waals surface area contributed by atoms with Gasteiger partial charge in [0, 0.05) is 57.0 Å². The predicted molar refractivity (Wildman–Crippen MR) is 96.1 cm³/mol. The number of benzene rings is 1. The summed E-state index contributed by atoms with van der Waals surface area (Å²) in [5, 5.41) is 1.16. The van der Waals surface area contributed by atoms with Crippen LogP contribution in [0.5, 0.6) is 0 Å². The Kier molecular flexibility index (Phi) is 5.88. The third kappa shape index (κ3) is 4.16. The van der Waals surface area contributed by atoms with Crippen LogP contribution in [-0.2, 0) is 16.0 Å². The van der Waals surface area contributed by atoms with Crippen molar-refractivity contribution in [2.75, 3.05) is 46.4 Å². The van der Waals surface area contributed by atoms with E-state index in [1.165, 1.54) is 0 Å². The molecule has 2 heterocycles. The van der Waals surface area contributed by atoms with E-state index in [0.29, 0.717) is 6.42 Å². The molecule has 1 amide bonds. The van der Waals surface area contributed by atoms with E-state index in [-0.39, 0.29) is 5.91 Å². The molecule has 24 heavy (non-hydrogen) atoms. The van der Waals surface area contributed by atoms with E-state index in [4.69, 9.17) is 4.74 Å². The number of carbonyl (C=O) groups excluding carboxylic acids is 1.